The van der Waals surface area contributed by atoms with Crippen molar-refractivity contribution in [1.82, 2.24) is 0 Å². The minimum Gasteiger partial charge on any atom is -0.487 e. The summed E-state index contributed by atoms with van der Waals surface area (Å²) in [6, 6.07) is 5.47. The van der Waals surface area contributed by atoms with E-state index in [1.807, 2.05) is 26.0 Å². The molecule has 0 aromatic heterocycles. The molecule has 2 rings (SSSR count). The molecule has 1 aliphatic heterocycles. The van der Waals surface area contributed by atoms with Crippen LogP contribution < -0.4 is 4.74 Å². The van der Waals surface area contributed by atoms with E-state index in [2.05, 4.69) is 0 Å². The first-order chi connectivity index (χ1) is 9.27. The number of rotatable bonds is 5. The van der Waals surface area contributed by atoms with Crippen molar-refractivity contribution in [2.75, 3.05) is 0 Å². The highest BCUT2D eigenvalue weighted by Crippen LogP contribution is 2.35. The number of aliphatic carboxylic acids is 1. The highest BCUT2D eigenvalue weighted by atomic mass is 16.5. The minimum atomic E-state index is -0.866. The van der Waals surface area contributed by atoms with Crippen molar-refractivity contribution in [3.63, 3.8) is 0 Å². The van der Waals surface area contributed by atoms with Gasteiger partial charge in [-0.15, -0.1) is 0 Å². The van der Waals surface area contributed by atoms with Crippen LogP contribution in [0.25, 0.3) is 0 Å². The molecule has 1 aliphatic rings. The molecule has 1 unspecified atom stereocenters. The van der Waals surface area contributed by atoms with Crippen LogP contribution in [0.1, 0.15) is 49.5 Å². The van der Waals surface area contributed by atoms with Gasteiger partial charge >= 0.3 is 5.97 Å². The molecule has 1 aromatic rings. The molecule has 0 spiro atoms. The number of carboxylic acid groups (broad SMARTS) is 1. The van der Waals surface area contributed by atoms with Crippen LogP contribution in [0.3, 0.4) is 0 Å². The van der Waals surface area contributed by atoms with E-state index in [0.717, 1.165) is 17.7 Å². The van der Waals surface area contributed by atoms with E-state index in [9.17, 15) is 9.59 Å². The summed E-state index contributed by atoms with van der Waals surface area (Å²) in [4.78, 5) is 22.8. The fourth-order valence-electron chi connectivity index (χ4n) is 2.59. The minimum absolute atomic E-state index is 0.00810. The van der Waals surface area contributed by atoms with Gasteiger partial charge in [0.05, 0.1) is 0 Å². The molecular weight excluding hydrogens is 256 g/mol. The molecule has 0 bridgehead atoms. The number of hydrogen-bond acceptors (Lipinski definition) is 3. The van der Waals surface area contributed by atoms with Crippen LogP contribution >= 0.6 is 0 Å². The van der Waals surface area contributed by atoms with Crippen LogP contribution in [-0.4, -0.2) is 22.5 Å². The summed E-state index contributed by atoms with van der Waals surface area (Å²) in [7, 11) is 0. The average molecular weight is 276 g/mol. The fraction of sp³-hybridized carbons (Fsp3) is 0.500. The summed E-state index contributed by atoms with van der Waals surface area (Å²) in [6.45, 7) is 5.82. The van der Waals surface area contributed by atoms with Crippen molar-refractivity contribution in [3.05, 3.63) is 29.3 Å². The predicted octanol–water partition coefficient (Wildman–Crippen LogP) is 3.08. The number of ketones is 1. The molecular formula is C16H20O4. The molecule has 0 aliphatic carbocycles. The second-order valence-electron chi connectivity index (χ2n) is 6.19. The first-order valence-corrected chi connectivity index (χ1v) is 6.84. The van der Waals surface area contributed by atoms with Gasteiger partial charge in [0.15, 0.2) is 5.78 Å². The van der Waals surface area contributed by atoms with Crippen molar-refractivity contribution < 1.29 is 19.4 Å². The summed E-state index contributed by atoms with van der Waals surface area (Å²) in [6.07, 6.45) is 1.07. The largest absolute Gasteiger partial charge is 0.487 e. The van der Waals surface area contributed by atoms with E-state index in [1.54, 1.807) is 13.0 Å². The summed E-state index contributed by atoms with van der Waals surface area (Å²) in [5, 5.41) is 8.72. The van der Waals surface area contributed by atoms with Crippen LogP contribution in [-0.2, 0) is 11.2 Å². The lowest BCUT2D eigenvalue weighted by molar-refractivity contribution is -0.137. The number of carbonyl (C=O) groups excluding carboxylic acids is 1. The zero-order valence-corrected chi connectivity index (χ0v) is 12.1. The lowest BCUT2D eigenvalue weighted by Crippen LogP contribution is -2.24. The number of carboxylic acids is 1. The predicted molar refractivity (Wildman–Crippen MR) is 75.2 cm³/mol. The molecule has 0 fully saturated rings. The van der Waals surface area contributed by atoms with Crippen molar-refractivity contribution in [2.45, 2.75) is 45.6 Å². The molecule has 0 saturated carbocycles. The van der Waals surface area contributed by atoms with Gasteiger partial charge in [-0.1, -0.05) is 6.92 Å². The van der Waals surface area contributed by atoms with Gasteiger partial charge in [-0.2, -0.15) is 0 Å². The van der Waals surface area contributed by atoms with Crippen LogP contribution in [0.2, 0.25) is 0 Å². The Labute approximate surface area is 118 Å². The van der Waals surface area contributed by atoms with Gasteiger partial charge in [-0.3, -0.25) is 9.59 Å². The Morgan fingerprint density at radius 2 is 2.05 bits per heavy atom. The molecule has 4 nitrogen and oxygen atoms in total. The lowest BCUT2D eigenvalue weighted by atomic mass is 9.94. The van der Waals surface area contributed by atoms with Crippen molar-refractivity contribution in [2.24, 2.45) is 5.92 Å². The van der Waals surface area contributed by atoms with E-state index in [1.165, 1.54) is 0 Å². The molecule has 108 valence electrons. The maximum atomic E-state index is 12.2. The molecule has 4 heteroatoms. The Hall–Kier alpha value is -1.84. The first kappa shape index (κ1) is 14.6. The third-order valence-corrected chi connectivity index (χ3v) is 3.44. The van der Waals surface area contributed by atoms with E-state index in [0.29, 0.717) is 5.56 Å². The summed E-state index contributed by atoms with van der Waals surface area (Å²) >= 11 is 0. The molecule has 20 heavy (non-hydrogen) atoms. The molecule has 1 heterocycles. The van der Waals surface area contributed by atoms with Gasteiger partial charge in [0.2, 0.25) is 0 Å². The molecule has 1 aromatic carbocycles. The quantitative estimate of drug-likeness (QED) is 0.839. The highest BCUT2D eigenvalue weighted by Gasteiger charge is 2.30. The van der Waals surface area contributed by atoms with Gasteiger partial charge < -0.3 is 9.84 Å². The number of carbonyl (C=O) groups is 2. The number of hydrogen-bond donors (Lipinski definition) is 1. The summed E-state index contributed by atoms with van der Waals surface area (Å²) in [5.74, 6) is -0.188. The maximum absolute atomic E-state index is 12.2. The van der Waals surface area contributed by atoms with Gasteiger partial charge in [0.1, 0.15) is 11.4 Å². The number of benzene rings is 1. The van der Waals surface area contributed by atoms with E-state index >= 15 is 0 Å². The van der Waals surface area contributed by atoms with Crippen molar-refractivity contribution in [1.29, 1.82) is 0 Å². The standard InChI is InChI=1S/C16H20O4/c1-10(7-15(18)19)6-13(17)11-4-5-14-12(8-11)9-16(2,3)20-14/h4-5,8,10H,6-7,9H2,1-3H3,(H,18,19). The zero-order valence-electron chi connectivity index (χ0n) is 12.1. The Balaban J connectivity index is 2.08. The smallest absolute Gasteiger partial charge is 0.303 e. The Morgan fingerprint density at radius 3 is 2.70 bits per heavy atom. The monoisotopic (exact) mass is 276 g/mol. The zero-order chi connectivity index (χ0) is 14.9. The maximum Gasteiger partial charge on any atom is 0.303 e. The van der Waals surface area contributed by atoms with E-state index < -0.39 is 5.97 Å². The number of fused-ring (bicyclic) bond motifs is 1. The van der Waals surface area contributed by atoms with Crippen LogP contribution in [0.15, 0.2) is 18.2 Å². The first-order valence-electron chi connectivity index (χ1n) is 6.84. The third-order valence-electron chi connectivity index (χ3n) is 3.44. The van der Waals surface area contributed by atoms with Gasteiger partial charge in [-0.05, 0) is 43.5 Å². The Kier molecular flexibility index (Phi) is 3.84. The van der Waals surface area contributed by atoms with Crippen molar-refractivity contribution >= 4 is 11.8 Å². The Morgan fingerprint density at radius 1 is 1.35 bits per heavy atom. The normalized spacial score (nSPS) is 17.1. The summed E-state index contributed by atoms with van der Waals surface area (Å²) < 4.78 is 5.77. The molecule has 1 atom stereocenters. The van der Waals surface area contributed by atoms with Gasteiger partial charge in [-0.25, -0.2) is 0 Å². The highest BCUT2D eigenvalue weighted by molar-refractivity contribution is 5.96. The molecule has 1 N–H and O–H groups in total. The molecule has 0 radical (unpaired) electrons. The molecule has 0 saturated heterocycles. The van der Waals surface area contributed by atoms with E-state index in [4.69, 9.17) is 9.84 Å². The Bertz CT molecular complexity index is 545. The van der Waals surface area contributed by atoms with Crippen molar-refractivity contribution in [3.8, 4) is 5.75 Å². The third kappa shape index (κ3) is 3.38. The van der Waals surface area contributed by atoms with Crippen LogP contribution in [0.5, 0.6) is 5.75 Å². The number of ether oxygens (including phenoxy) is 1. The second kappa shape index (κ2) is 5.27. The van der Waals surface area contributed by atoms with Crippen LogP contribution in [0.4, 0.5) is 0 Å². The number of Topliss-reactive ketones (excluding diaryl/α,β-unsaturated/α-hetero) is 1. The average Bonchev–Trinajstić information content (AvgIpc) is 2.59. The van der Waals surface area contributed by atoms with Crippen LogP contribution in [0, 0.1) is 5.92 Å². The van der Waals surface area contributed by atoms with Gasteiger partial charge in [0, 0.05) is 24.8 Å². The van der Waals surface area contributed by atoms with E-state index in [-0.39, 0.29) is 30.1 Å². The summed E-state index contributed by atoms with van der Waals surface area (Å²) in [5.41, 5.74) is 1.47. The SMILES string of the molecule is CC(CC(=O)O)CC(=O)c1ccc2c(c1)CC(C)(C)O2. The lowest BCUT2D eigenvalue weighted by Gasteiger charge is -2.16. The second-order valence-corrected chi connectivity index (χ2v) is 6.19. The topological polar surface area (TPSA) is 63.6 Å². The molecule has 0 amide bonds. The van der Waals surface area contributed by atoms with Gasteiger partial charge in [0.25, 0.3) is 0 Å². The fourth-order valence-corrected chi connectivity index (χ4v) is 2.59.